The van der Waals surface area contributed by atoms with Gasteiger partial charge in [0.05, 0.1) is 0 Å². The van der Waals surface area contributed by atoms with E-state index in [4.69, 9.17) is 0 Å². The van der Waals surface area contributed by atoms with Crippen molar-refractivity contribution >= 4 is 17.2 Å². The first-order chi connectivity index (χ1) is 10.7. The molecule has 0 aliphatic carbocycles. The highest BCUT2D eigenvalue weighted by atomic mass is 32.1. The molecule has 1 amide bonds. The first-order valence-corrected chi connectivity index (χ1v) is 8.51. The molecule has 2 aromatic heterocycles. The molecular formula is C17H21N3OS. The van der Waals surface area contributed by atoms with Crippen molar-refractivity contribution in [1.29, 1.82) is 0 Å². The summed E-state index contributed by atoms with van der Waals surface area (Å²) in [4.78, 5) is 23.7. The number of carbonyl (C=O) groups is 1. The lowest BCUT2D eigenvalue weighted by Crippen LogP contribution is -2.35. The molecule has 4 nitrogen and oxygen atoms in total. The van der Waals surface area contributed by atoms with Crippen molar-refractivity contribution in [2.75, 3.05) is 26.2 Å². The van der Waals surface area contributed by atoms with Gasteiger partial charge in [-0.3, -0.25) is 14.7 Å². The number of amides is 1. The van der Waals surface area contributed by atoms with E-state index >= 15 is 0 Å². The van der Waals surface area contributed by atoms with Crippen molar-refractivity contribution in [3.05, 3.63) is 52.0 Å². The van der Waals surface area contributed by atoms with E-state index in [1.165, 1.54) is 9.75 Å². The summed E-state index contributed by atoms with van der Waals surface area (Å²) >= 11 is 1.86. The van der Waals surface area contributed by atoms with E-state index in [0.717, 1.165) is 44.7 Å². The fourth-order valence-electron chi connectivity index (χ4n) is 2.80. The van der Waals surface area contributed by atoms with Crippen LogP contribution in [0.1, 0.15) is 26.5 Å². The number of aromatic nitrogens is 1. The zero-order valence-electron chi connectivity index (χ0n) is 12.9. The van der Waals surface area contributed by atoms with Gasteiger partial charge in [0.25, 0.3) is 5.91 Å². The zero-order valence-corrected chi connectivity index (χ0v) is 13.7. The van der Waals surface area contributed by atoms with Gasteiger partial charge in [-0.15, -0.1) is 11.3 Å². The SMILES string of the molecule is Cc1ccc(CN2CCCN(C(=O)c3ccncc3)CC2)s1. The Morgan fingerprint density at radius 2 is 1.95 bits per heavy atom. The summed E-state index contributed by atoms with van der Waals surface area (Å²) in [7, 11) is 0. The second kappa shape index (κ2) is 7.03. The fraction of sp³-hybridized carbons (Fsp3) is 0.412. The van der Waals surface area contributed by atoms with Gasteiger partial charge in [-0.2, -0.15) is 0 Å². The summed E-state index contributed by atoms with van der Waals surface area (Å²) in [5.74, 6) is 0.121. The molecule has 116 valence electrons. The van der Waals surface area contributed by atoms with E-state index in [1.54, 1.807) is 24.5 Å². The first-order valence-electron chi connectivity index (χ1n) is 7.69. The Morgan fingerprint density at radius 1 is 1.14 bits per heavy atom. The zero-order chi connectivity index (χ0) is 15.4. The summed E-state index contributed by atoms with van der Waals surface area (Å²) in [5, 5.41) is 0. The molecule has 0 aromatic carbocycles. The maximum Gasteiger partial charge on any atom is 0.254 e. The Balaban J connectivity index is 1.59. The van der Waals surface area contributed by atoms with Crippen LogP contribution in [0, 0.1) is 6.92 Å². The van der Waals surface area contributed by atoms with E-state index in [-0.39, 0.29) is 5.91 Å². The maximum absolute atomic E-state index is 12.5. The fourth-order valence-corrected chi connectivity index (χ4v) is 3.73. The van der Waals surface area contributed by atoms with Crippen molar-refractivity contribution in [2.24, 2.45) is 0 Å². The minimum absolute atomic E-state index is 0.121. The first kappa shape index (κ1) is 15.2. The lowest BCUT2D eigenvalue weighted by atomic mass is 10.2. The van der Waals surface area contributed by atoms with Crippen LogP contribution < -0.4 is 0 Å². The normalized spacial score (nSPS) is 16.5. The van der Waals surface area contributed by atoms with Gasteiger partial charge in [-0.25, -0.2) is 0 Å². The molecule has 0 unspecified atom stereocenters. The minimum Gasteiger partial charge on any atom is -0.337 e. The highest BCUT2D eigenvalue weighted by molar-refractivity contribution is 7.11. The van der Waals surface area contributed by atoms with Gasteiger partial charge in [0.1, 0.15) is 0 Å². The Bertz CT molecular complexity index is 626. The molecule has 0 bridgehead atoms. The second-order valence-corrected chi connectivity index (χ2v) is 7.04. The van der Waals surface area contributed by atoms with Gasteiger partial charge in [0.2, 0.25) is 0 Å². The van der Waals surface area contributed by atoms with E-state index < -0.39 is 0 Å². The van der Waals surface area contributed by atoms with Crippen LogP contribution >= 0.6 is 11.3 Å². The molecule has 0 saturated carbocycles. The van der Waals surface area contributed by atoms with Crippen molar-refractivity contribution in [2.45, 2.75) is 19.9 Å². The van der Waals surface area contributed by atoms with E-state index in [0.29, 0.717) is 0 Å². The minimum atomic E-state index is 0.121. The molecule has 1 aliphatic heterocycles. The average molecular weight is 315 g/mol. The van der Waals surface area contributed by atoms with Crippen LogP contribution in [0.2, 0.25) is 0 Å². The predicted octanol–water partition coefficient (Wildman–Crippen LogP) is 2.80. The summed E-state index contributed by atoms with van der Waals surface area (Å²) in [6.07, 6.45) is 4.38. The molecule has 22 heavy (non-hydrogen) atoms. The molecule has 3 heterocycles. The summed E-state index contributed by atoms with van der Waals surface area (Å²) < 4.78 is 0. The average Bonchev–Trinajstić information content (AvgIpc) is 2.81. The number of rotatable bonds is 3. The topological polar surface area (TPSA) is 36.4 Å². The van der Waals surface area contributed by atoms with Crippen LogP contribution in [0.3, 0.4) is 0 Å². The molecule has 5 heteroatoms. The number of nitrogens with zero attached hydrogens (tertiary/aromatic N) is 3. The Labute approximate surface area is 135 Å². The number of thiophene rings is 1. The lowest BCUT2D eigenvalue weighted by molar-refractivity contribution is 0.0761. The third-order valence-corrected chi connectivity index (χ3v) is 4.96. The smallest absolute Gasteiger partial charge is 0.254 e. The van der Waals surface area contributed by atoms with Crippen molar-refractivity contribution in [3.8, 4) is 0 Å². The van der Waals surface area contributed by atoms with E-state index in [1.807, 2.05) is 16.2 Å². The number of aryl methyl sites for hydroxylation is 1. The van der Waals surface area contributed by atoms with Gasteiger partial charge in [-0.05, 0) is 37.6 Å². The van der Waals surface area contributed by atoms with Crippen LogP contribution in [-0.2, 0) is 6.54 Å². The van der Waals surface area contributed by atoms with Crippen molar-refractivity contribution in [1.82, 2.24) is 14.8 Å². The van der Waals surface area contributed by atoms with Crippen LogP contribution in [0.5, 0.6) is 0 Å². The molecule has 0 radical (unpaired) electrons. The summed E-state index contributed by atoms with van der Waals surface area (Å²) in [6, 6.07) is 7.97. The van der Waals surface area contributed by atoms with Gasteiger partial charge >= 0.3 is 0 Å². The molecule has 0 N–H and O–H groups in total. The number of pyridine rings is 1. The molecule has 1 fully saturated rings. The molecule has 2 aromatic rings. The Hall–Kier alpha value is -1.72. The maximum atomic E-state index is 12.5. The highest BCUT2D eigenvalue weighted by Gasteiger charge is 2.20. The van der Waals surface area contributed by atoms with Gasteiger partial charge < -0.3 is 4.90 Å². The van der Waals surface area contributed by atoms with Crippen LogP contribution in [0.4, 0.5) is 0 Å². The monoisotopic (exact) mass is 315 g/mol. The van der Waals surface area contributed by atoms with Gasteiger partial charge in [-0.1, -0.05) is 0 Å². The molecule has 0 spiro atoms. The van der Waals surface area contributed by atoms with Crippen LogP contribution in [-0.4, -0.2) is 46.9 Å². The van der Waals surface area contributed by atoms with Crippen LogP contribution in [0.25, 0.3) is 0 Å². The number of hydrogen-bond acceptors (Lipinski definition) is 4. The predicted molar refractivity (Wildman–Crippen MR) is 89.1 cm³/mol. The van der Waals surface area contributed by atoms with E-state index in [2.05, 4.69) is 28.9 Å². The highest BCUT2D eigenvalue weighted by Crippen LogP contribution is 2.18. The standard InChI is InChI=1S/C17H21N3OS/c1-14-3-4-16(22-14)13-19-9-2-10-20(12-11-19)17(21)15-5-7-18-8-6-15/h3-8H,2,9-13H2,1H3. The third-order valence-electron chi connectivity index (χ3n) is 3.98. The molecule has 1 aliphatic rings. The molecule has 1 saturated heterocycles. The number of hydrogen-bond donors (Lipinski definition) is 0. The Morgan fingerprint density at radius 3 is 2.68 bits per heavy atom. The third kappa shape index (κ3) is 3.72. The number of carbonyl (C=O) groups excluding carboxylic acids is 1. The quantitative estimate of drug-likeness (QED) is 0.874. The van der Waals surface area contributed by atoms with Crippen molar-refractivity contribution < 1.29 is 4.79 Å². The summed E-state index contributed by atoms with van der Waals surface area (Å²) in [5.41, 5.74) is 0.734. The molecule has 3 rings (SSSR count). The van der Waals surface area contributed by atoms with E-state index in [9.17, 15) is 4.79 Å². The van der Waals surface area contributed by atoms with Crippen LogP contribution in [0.15, 0.2) is 36.7 Å². The summed E-state index contributed by atoms with van der Waals surface area (Å²) in [6.45, 7) is 6.76. The van der Waals surface area contributed by atoms with Gasteiger partial charge in [0, 0.05) is 60.4 Å². The lowest BCUT2D eigenvalue weighted by Gasteiger charge is -2.21. The Kier molecular flexibility index (Phi) is 4.85. The van der Waals surface area contributed by atoms with Crippen molar-refractivity contribution in [3.63, 3.8) is 0 Å². The largest absolute Gasteiger partial charge is 0.337 e. The van der Waals surface area contributed by atoms with Gasteiger partial charge in [0.15, 0.2) is 0 Å². The molecule has 0 atom stereocenters. The molecular weight excluding hydrogens is 294 g/mol. The second-order valence-electron chi connectivity index (χ2n) is 5.67.